The highest BCUT2D eigenvalue weighted by Crippen LogP contribution is 2.18. The maximum absolute atomic E-state index is 13.2. The van der Waals surface area contributed by atoms with E-state index in [0.29, 0.717) is 19.4 Å². The van der Waals surface area contributed by atoms with Gasteiger partial charge in [-0.3, -0.25) is 9.59 Å². The largest absolute Gasteiger partial charge is 0.485 e. The van der Waals surface area contributed by atoms with Gasteiger partial charge in [-0.25, -0.2) is 8.78 Å². The first-order valence-electron chi connectivity index (χ1n) is 8.97. The summed E-state index contributed by atoms with van der Waals surface area (Å²) in [6.07, 6.45) is 1.14. The molecule has 1 aliphatic heterocycles. The van der Waals surface area contributed by atoms with Gasteiger partial charge in [-0.15, -0.1) is 0 Å². The van der Waals surface area contributed by atoms with Gasteiger partial charge in [0.25, 0.3) is 5.91 Å². The Labute approximate surface area is 160 Å². The summed E-state index contributed by atoms with van der Waals surface area (Å²) in [5.41, 5.74) is 0.113. The molecule has 2 heterocycles. The van der Waals surface area contributed by atoms with Gasteiger partial charge in [0.1, 0.15) is 12.4 Å². The van der Waals surface area contributed by atoms with Crippen LogP contribution >= 0.6 is 0 Å². The first-order chi connectivity index (χ1) is 13.3. The molecule has 9 heteroatoms. The number of hydrogen-bond donors (Lipinski definition) is 1. The number of nitrogens with one attached hydrogen (secondary N) is 1. The number of benzene rings is 1. The normalized spacial score (nSPS) is 16.3. The molecule has 150 valence electrons. The van der Waals surface area contributed by atoms with Crippen molar-refractivity contribution in [3.05, 3.63) is 47.4 Å². The van der Waals surface area contributed by atoms with Crippen LogP contribution in [0.15, 0.2) is 28.8 Å². The fourth-order valence-corrected chi connectivity index (χ4v) is 2.93. The Morgan fingerprint density at radius 3 is 2.79 bits per heavy atom. The molecule has 1 N–H and O–H groups in total. The molecule has 1 saturated heterocycles. The molecule has 1 aliphatic rings. The molecule has 2 aromatic rings. The molecule has 2 amide bonds. The van der Waals surface area contributed by atoms with Crippen LogP contribution < -0.4 is 10.1 Å². The van der Waals surface area contributed by atoms with E-state index in [2.05, 4.69) is 10.5 Å². The molecule has 1 aromatic carbocycles. The Bertz CT molecular complexity index is 869. The Kier molecular flexibility index (Phi) is 5.91. The standard InChI is InChI=1S/C19H21F2N3O4/c1-11(2)24(9-12-3-6-18(25)22-12)19(26)17-8-14(28-23-17)10-27-13-4-5-15(20)16(21)7-13/h4-5,7-8,11-12H,3,6,9-10H2,1-2H3,(H,22,25)/t12-/m1/s1. The average Bonchev–Trinajstić information content (AvgIpc) is 3.29. The van der Waals surface area contributed by atoms with Crippen molar-refractivity contribution in [2.75, 3.05) is 6.54 Å². The molecule has 0 aliphatic carbocycles. The number of aromatic nitrogens is 1. The number of halogens is 2. The predicted octanol–water partition coefficient (Wildman–Crippen LogP) is 2.66. The number of amides is 2. The molecule has 0 spiro atoms. The van der Waals surface area contributed by atoms with Crippen molar-refractivity contribution in [1.82, 2.24) is 15.4 Å². The topological polar surface area (TPSA) is 84.7 Å². The highest BCUT2D eigenvalue weighted by molar-refractivity contribution is 5.92. The van der Waals surface area contributed by atoms with Crippen molar-refractivity contribution in [2.24, 2.45) is 0 Å². The highest BCUT2D eigenvalue weighted by atomic mass is 19.2. The zero-order valence-corrected chi connectivity index (χ0v) is 15.6. The van der Waals surface area contributed by atoms with Crippen molar-refractivity contribution in [1.29, 1.82) is 0 Å². The molecule has 0 bridgehead atoms. The summed E-state index contributed by atoms with van der Waals surface area (Å²) in [5.74, 6) is -1.92. The third-order valence-electron chi connectivity index (χ3n) is 4.44. The average molecular weight is 393 g/mol. The molecular formula is C19H21F2N3O4. The van der Waals surface area contributed by atoms with Gasteiger partial charge < -0.3 is 19.5 Å². The van der Waals surface area contributed by atoms with Gasteiger partial charge in [0.05, 0.1) is 0 Å². The van der Waals surface area contributed by atoms with Crippen molar-refractivity contribution in [3.63, 3.8) is 0 Å². The summed E-state index contributed by atoms with van der Waals surface area (Å²) in [4.78, 5) is 25.8. The Morgan fingerprint density at radius 1 is 1.36 bits per heavy atom. The third-order valence-corrected chi connectivity index (χ3v) is 4.44. The van der Waals surface area contributed by atoms with Gasteiger partial charge in [0, 0.05) is 37.2 Å². The molecule has 1 aromatic heterocycles. The number of carbonyl (C=O) groups excluding carboxylic acids is 2. The van der Waals surface area contributed by atoms with Crippen molar-refractivity contribution >= 4 is 11.8 Å². The van der Waals surface area contributed by atoms with Crippen LogP contribution in [0.5, 0.6) is 5.75 Å². The summed E-state index contributed by atoms with van der Waals surface area (Å²) in [7, 11) is 0. The van der Waals surface area contributed by atoms with E-state index in [1.807, 2.05) is 13.8 Å². The zero-order valence-electron chi connectivity index (χ0n) is 15.6. The monoisotopic (exact) mass is 393 g/mol. The molecule has 0 unspecified atom stereocenters. The van der Waals surface area contributed by atoms with Gasteiger partial charge in [-0.1, -0.05) is 5.16 Å². The first kappa shape index (κ1) is 19.8. The van der Waals surface area contributed by atoms with Crippen LogP contribution in [0.25, 0.3) is 0 Å². The molecule has 3 rings (SSSR count). The van der Waals surface area contributed by atoms with E-state index in [1.54, 1.807) is 4.90 Å². The van der Waals surface area contributed by atoms with Crippen molar-refractivity contribution < 1.29 is 27.6 Å². The van der Waals surface area contributed by atoms with Crippen LogP contribution in [-0.4, -0.2) is 40.5 Å². The van der Waals surface area contributed by atoms with Crippen LogP contribution in [0.2, 0.25) is 0 Å². The molecule has 7 nitrogen and oxygen atoms in total. The van der Waals surface area contributed by atoms with E-state index in [-0.39, 0.29) is 47.7 Å². The second-order valence-electron chi connectivity index (χ2n) is 6.90. The van der Waals surface area contributed by atoms with Gasteiger partial charge in [-0.05, 0) is 32.4 Å². The molecule has 28 heavy (non-hydrogen) atoms. The summed E-state index contributed by atoms with van der Waals surface area (Å²) >= 11 is 0. The number of hydrogen-bond acceptors (Lipinski definition) is 5. The quantitative estimate of drug-likeness (QED) is 0.782. The Hall–Kier alpha value is -2.97. The number of nitrogens with zero attached hydrogens (tertiary/aromatic N) is 2. The number of ether oxygens (including phenoxy) is 1. The minimum Gasteiger partial charge on any atom is -0.485 e. The van der Waals surface area contributed by atoms with Gasteiger partial charge >= 0.3 is 0 Å². The first-order valence-corrected chi connectivity index (χ1v) is 8.97. The fourth-order valence-electron chi connectivity index (χ4n) is 2.93. The van der Waals surface area contributed by atoms with Crippen molar-refractivity contribution in [3.8, 4) is 5.75 Å². The minimum atomic E-state index is -1.02. The SMILES string of the molecule is CC(C)N(C[C@H]1CCC(=O)N1)C(=O)c1cc(COc2ccc(F)c(F)c2)on1. The Balaban J connectivity index is 1.62. The number of carbonyl (C=O) groups is 2. The number of rotatable bonds is 7. The lowest BCUT2D eigenvalue weighted by molar-refractivity contribution is -0.119. The maximum Gasteiger partial charge on any atom is 0.276 e. The molecule has 0 radical (unpaired) electrons. The minimum absolute atomic E-state index is 0.0146. The van der Waals surface area contributed by atoms with Crippen LogP contribution in [0, 0.1) is 11.6 Å². The van der Waals surface area contributed by atoms with Gasteiger partial charge in [0.2, 0.25) is 5.91 Å². The van der Waals surface area contributed by atoms with Gasteiger partial charge in [-0.2, -0.15) is 0 Å². The van der Waals surface area contributed by atoms with E-state index < -0.39 is 11.6 Å². The van der Waals surface area contributed by atoms with Crippen LogP contribution in [0.3, 0.4) is 0 Å². The molecule has 0 saturated carbocycles. The summed E-state index contributed by atoms with van der Waals surface area (Å²) < 4.78 is 36.6. The fraction of sp³-hybridized carbons (Fsp3) is 0.421. The summed E-state index contributed by atoms with van der Waals surface area (Å²) in [6.45, 7) is 4.05. The van der Waals surface area contributed by atoms with E-state index in [0.717, 1.165) is 12.1 Å². The summed E-state index contributed by atoms with van der Waals surface area (Å²) in [5, 5.41) is 6.63. The lowest BCUT2D eigenvalue weighted by Gasteiger charge is -2.28. The lowest BCUT2D eigenvalue weighted by Crippen LogP contribution is -2.45. The smallest absolute Gasteiger partial charge is 0.276 e. The molecular weight excluding hydrogens is 372 g/mol. The maximum atomic E-state index is 13.2. The van der Waals surface area contributed by atoms with Gasteiger partial charge in [0.15, 0.2) is 23.1 Å². The summed E-state index contributed by atoms with van der Waals surface area (Å²) in [6, 6.07) is 4.45. The Morgan fingerprint density at radius 2 is 2.14 bits per heavy atom. The van der Waals surface area contributed by atoms with Crippen LogP contribution in [0.1, 0.15) is 42.9 Å². The van der Waals surface area contributed by atoms with E-state index in [1.165, 1.54) is 12.1 Å². The van der Waals surface area contributed by atoms with E-state index in [4.69, 9.17) is 9.26 Å². The van der Waals surface area contributed by atoms with Crippen LogP contribution in [-0.2, 0) is 11.4 Å². The highest BCUT2D eigenvalue weighted by Gasteiger charge is 2.28. The molecule has 1 atom stereocenters. The third kappa shape index (κ3) is 4.65. The van der Waals surface area contributed by atoms with Crippen molar-refractivity contribution in [2.45, 2.75) is 45.4 Å². The van der Waals surface area contributed by atoms with Crippen LogP contribution in [0.4, 0.5) is 8.78 Å². The molecule has 1 fully saturated rings. The second-order valence-corrected chi connectivity index (χ2v) is 6.90. The lowest BCUT2D eigenvalue weighted by atomic mass is 10.1. The zero-order chi connectivity index (χ0) is 20.3. The predicted molar refractivity (Wildman–Crippen MR) is 94.5 cm³/mol. The van der Waals surface area contributed by atoms with E-state index >= 15 is 0 Å². The van der Waals surface area contributed by atoms with E-state index in [9.17, 15) is 18.4 Å². The second kappa shape index (κ2) is 8.37.